The van der Waals surface area contributed by atoms with Gasteiger partial charge in [-0.3, -0.25) is 10.1 Å². The lowest BCUT2D eigenvalue weighted by atomic mass is 10.0. The average molecular weight is 488 g/mol. The number of rotatable bonds is 5. The van der Waals surface area contributed by atoms with Crippen molar-refractivity contribution < 1.29 is 9.66 Å². The number of guanidine groups is 1. The summed E-state index contributed by atoms with van der Waals surface area (Å²) in [5.41, 5.74) is 1.08. The maximum absolute atomic E-state index is 10.8. The summed E-state index contributed by atoms with van der Waals surface area (Å²) in [6.07, 6.45) is 4.93. The molecule has 1 aromatic rings. The van der Waals surface area contributed by atoms with E-state index in [2.05, 4.69) is 17.1 Å². The molecule has 150 valence electrons. The molecule has 3 rings (SSSR count). The SMILES string of the molecule is CC1CCCN(C(=NCc2ccc([N+](=O)[O-])cc2)NCC2CCCO2)C1.I. The van der Waals surface area contributed by atoms with Crippen LogP contribution in [0.4, 0.5) is 5.69 Å². The molecule has 0 amide bonds. The molecule has 0 spiro atoms. The van der Waals surface area contributed by atoms with Crippen molar-refractivity contribution >= 4 is 35.6 Å². The van der Waals surface area contributed by atoms with E-state index in [0.717, 1.165) is 50.6 Å². The van der Waals surface area contributed by atoms with Crippen molar-refractivity contribution in [2.75, 3.05) is 26.2 Å². The molecule has 8 heteroatoms. The molecular weight excluding hydrogens is 459 g/mol. The van der Waals surface area contributed by atoms with Gasteiger partial charge in [-0.05, 0) is 37.2 Å². The average Bonchev–Trinajstić information content (AvgIpc) is 3.15. The van der Waals surface area contributed by atoms with E-state index in [0.29, 0.717) is 12.5 Å². The third-order valence-electron chi connectivity index (χ3n) is 5.03. The molecule has 2 aliphatic rings. The highest BCUT2D eigenvalue weighted by Crippen LogP contribution is 2.17. The van der Waals surface area contributed by atoms with Crippen molar-refractivity contribution in [3.05, 3.63) is 39.9 Å². The molecule has 2 aliphatic heterocycles. The normalized spacial score (nSPS) is 23.0. The quantitative estimate of drug-likeness (QED) is 0.226. The summed E-state index contributed by atoms with van der Waals surface area (Å²) in [5.74, 6) is 1.59. The fourth-order valence-electron chi connectivity index (χ4n) is 3.55. The first kappa shape index (κ1) is 21.9. The van der Waals surface area contributed by atoms with E-state index >= 15 is 0 Å². The van der Waals surface area contributed by atoms with Crippen molar-refractivity contribution in [2.45, 2.75) is 45.3 Å². The van der Waals surface area contributed by atoms with Gasteiger partial charge in [-0.15, -0.1) is 24.0 Å². The zero-order chi connectivity index (χ0) is 18.4. The topological polar surface area (TPSA) is 80.0 Å². The van der Waals surface area contributed by atoms with Crippen LogP contribution >= 0.6 is 24.0 Å². The van der Waals surface area contributed by atoms with Gasteiger partial charge in [-0.1, -0.05) is 19.1 Å². The minimum Gasteiger partial charge on any atom is -0.376 e. The highest BCUT2D eigenvalue weighted by atomic mass is 127. The Balaban J connectivity index is 0.00000261. The van der Waals surface area contributed by atoms with Crippen LogP contribution in [-0.2, 0) is 11.3 Å². The van der Waals surface area contributed by atoms with Crippen LogP contribution in [0, 0.1) is 16.0 Å². The van der Waals surface area contributed by atoms with E-state index in [1.165, 1.54) is 25.0 Å². The standard InChI is InChI=1S/C19H28N4O3.HI/c1-15-4-2-10-22(14-15)19(21-13-18-5-3-11-26-18)20-12-16-6-8-17(9-7-16)23(24)25;/h6-9,15,18H,2-5,10-14H2,1H3,(H,20,21);1H. The Bertz CT molecular complexity index is 632. The van der Waals surface area contributed by atoms with E-state index in [4.69, 9.17) is 9.73 Å². The summed E-state index contributed by atoms with van der Waals surface area (Å²) in [5, 5.41) is 14.3. The molecule has 1 aromatic carbocycles. The van der Waals surface area contributed by atoms with Crippen molar-refractivity contribution in [3.63, 3.8) is 0 Å². The van der Waals surface area contributed by atoms with E-state index in [1.807, 2.05) is 0 Å². The van der Waals surface area contributed by atoms with Crippen LogP contribution in [0.1, 0.15) is 38.2 Å². The molecule has 1 N–H and O–H groups in total. The summed E-state index contributed by atoms with van der Waals surface area (Å²) in [6, 6.07) is 6.62. The maximum Gasteiger partial charge on any atom is 0.269 e. The molecule has 2 saturated heterocycles. The molecule has 27 heavy (non-hydrogen) atoms. The van der Waals surface area contributed by atoms with Crippen molar-refractivity contribution in [2.24, 2.45) is 10.9 Å². The lowest BCUT2D eigenvalue weighted by Crippen LogP contribution is -2.48. The van der Waals surface area contributed by atoms with E-state index in [9.17, 15) is 10.1 Å². The zero-order valence-electron chi connectivity index (χ0n) is 15.8. The Morgan fingerprint density at radius 3 is 2.74 bits per heavy atom. The predicted molar refractivity (Wildman–Crippen MR) is 117 cm³/mol. The monoisotopic (exact) mass is 488 g/mol. The zero-order valence-corrected chi connectivity index (χ0v) is 18.1. The molecular formula is C19H29IN4O3. The molecule has 2 heterocycles. The van der Waals surface area contributed by atoms with Gasteiger partial charge in [0.15, 0.2) is 5.96 Å². The Morgan fingerprint density at radius 2 is 2.11 bits per heavy atom. The Hall–Kier alpha value is -1.42. The van der Waals surface area contributed by atoms with Crippen LogP contribution in [0.5, 0.6) is 0 Å². The molecule has 0 aliphatic carbocycles. The van der Waals surface area contributed by atoms with E-state index < -0.39 is 0 Å². The number of ether oxygens (including phenoxy) is 1. The molecule has 2 unspecified atom stereocenters. The van der Waals surface area contributed by atoms with Gasteiger partial charge in [-0.25, -0.2) is 4.99 Å². The van der Waals surface area contributed by atoms with Gasteiger partial charge in [0.05, 0.1) is 17.6 Å². The van der Waals surface area contributed by atoms with Gasteiger partial charge in [-0.2, -0.15) is 0 Å². The summed E-state index contributed by atoms with van der Waals surface area (Å²) in [4.78, 5) is 17.5. The van der Waals surface area contributed by atoms with Crippen LogP contribution in [-0.4, -0.2) is 48.1 Å². The van der Waals surface area contributed by atoms with Crippen molar-refractivity contribution in [1.82, 2.24) is 10.2 Å². The highest BCUT2D eigenvalue weighted by Gasteiger charge is 2.21. The molecule has 2 fully saturated rings. The predicted octanol–water partition coefficient (Wildman–Crippen LogP) is 3.57. The third-order valence-corrected chi connectivity index (χ3v) is 5.03. The minimum atomic E-state index is -0.378. The summed E-state index contributed by atoms with van der Waals surface area (Å²) < 4.78 is 5.71. The number of aliphatic imine (C=N–C) groups is 1. The summed E-state index contributed by atoms with van der Waals surface area (Å²) in [7, 11) is 0. The van der Waals surface area contributed by atoms with Crippen LogP contribution in [0.2, 0.25) is 0 Å². The number of non-ortho nitro benzene ring substituents is 1. The molecule has 0 saturated carbocycles. The van der Waals surface area contributed by atoms with Crippen LogP contribution in [0.25, 0.3) is 0 Å². The second kappa shape index (κ2) is 10.8. The number of likely N-dealkylation sites (tertiary alicyclic amines) is 1. The fraction of sp³-hybridized carbons (Fsp3) is 0.632. The molecule has 2 atom stereocenters. The van der Waals surface area contributed by atoms with Gasteiger partial charge in [0, 0.05) is 38.4 Å². The van der Waals surface area contributed by atoms with Gasteiger partial charge >= 0.3 is 0 Å². The number of hydrogen-bond acceptors (Lipinski definition) is 4. The summed E-state index contributed by atoms with van der Waals surface area (Å²) >= 11 is 0. The number of nitrogens with zero attached hydrogens (tertiary/aromatic N) is 3. The van der Waals surface area contributed by atoms with Crippen molar-refractivity contribution in [3.8, 4) is 0 Å². The molecule has 7 nitrogen and oxygen atoms in total. The summed E-state index contributed by atoms with van der Waals surface area (Å²) in [6.45, 7) is 6.45. The van der Waals surface area contributed by atoms with Gasteiger partial charge in [0.2, 0.25) is 0 Å². The number of halogens is 1. The van der Waals surface area contributed by atoms with Crippen LogP contribution in [0.15, 0.2) is 29.3 Å². The Labute approximate surface area is 177 Å². The first-order valence-electron chi connectivity index (χ1n) is 9.50. The fourth-order valence-corrected chi connectivity index (χ4v) is 3.55. The number of nitro benzene ring substituents is 1. The lowest BCUT2D eigenvalue weighted by Gasteiger charge is -2.34. The first-order chi connectivity index (χ1) is 12.6. The van der Waals surface area contributed by atoms with Crippen LogP contribution in [0.3, 0.4) is 0 Å². The number of benzene rings is 1. The Morgan fingerprint density at radius 1 is 1.33 bits per heavy atom. The van der Waals surface area contributed by atoms with E-state index in [-0.39, 0.29) is 40.7 Å². The van der Waals surface area contributed by atoms with Gasteiger partial charge in [0.1, 0.15) is 0 Å². The third kappa shape index (κ3) is 6.60. The lowest BCUT2D eigenvalue weighted by molar-refractivity contribution is -0.384. The highest BCUT2D eigenvalue weighted by molar-refractivity contribution is 14.0. The minimum absolute atomic E-state index is 0. The molecule has 0 aromatic heterocycles. The number of hydrogen-bond donors (Lipinski definition) is 1. The second-order valence-corrected chi connectivity index (χ2v) is 7.27. The number of nitrogens with one attached hydrogen (secondary N) is 1. The second-order valence-electron chi connectivity index (χ2n) is 7.27. The Kier molecular flexibility index (Phi) is 8.75. The van der Waals surface area contributed by atoms with Gasteiger partial charge < -0.3 is 15.0 Å². The smallest absolute Gasteiger partial charge is 0.269 e. The van der Waals surface area contributed by atoms with Crippen molar-refractivity contribution in [1.29, 1.82) is 0 Å². The van der Waals surface area contributed by atoms with E-state index in [1.54, 1.807) is 12.1 Å². The first-order valence-corrected chi connectivity index (χ1v) is 9.50. The maximum atomic E-state index is 10.8. The number of nitro groups is 1. The van der Waals surface area contributed by atoms with Crippen LogP contribution < -0.4 is 5.32 Å². The number of piperidine rings is 1. The molecule has 0 bridgehead atoms. The largest absolute Gasteiger partial charge is 0.376 e. The van der Waals surface area contributed by atoms with Gasteiger partial charge in [0.25, 0.3) is 5.69 Å². The molecule has 0 radical (unpaired) electrons.